The first-order valence-electron chi connectivity index (χ1n) is 5.58. The molecular weight excluding hydrogens is 248 g/mol. The van der Waals surface area contributed by atoms with Crippen LogP contribution in [0.25, 0.3) is 0 Å². The molecule has 0 fully saturated rings. The predicted octanol–water partition coefficient (Wildman–Crippen LogP) is -0.282. The van der Waals surface area contributed by atoms with Gasteiger partial charge < -0.3 is 15.2 Å². The van der Waals surface area contributed by atoms with Crippen molar-refractivity contribution in [1.29, 1.82) is 0 Å². The van der Waals surface area contributed by atoms with E-state index in [9.17, 15) is 9.59 Å². The summed E-state index contributed by atoms with van der Waals surface area (Å²) < 4.78 is 4.45. The third-order valence-electron chi connectivity index (χ3n) is 2.15. The number of aromatic nitrogens is 1. The van der Waals surface area contributed by atoms with Crippen molar-refractivity contribution in [2.24, 2.45) is 0 Å². The van der Waals surface area contributed by atoms with E-state index in [-0.39, 0.29) is 37.1 Å². The van der Waals surface area contributed by atoms with Crippen molar-refractivity contribution in [1.82, 2.24) is 10.3 Å². The maximum absolute atomic E-state index is 11.6. The van der Waals surface area contributed by atoms with Crippen LogP contribution in [0.3, 0.4) is 0 Å². The van der Waals surface area contributed by atoms with Crippen LogP contribution in [-0.4, -0.2) is 42.2 Å². The molecule has 1 aromatic heterocycles. The predicted molar refractivity (Wildman–Crippen MR) is 67.2 cm³/mol. The number of hydrogen-bond acceptors (Lipinski definition) is 5. The summed E-state index contributed by atoms with van der Waals surface area (Å²) in [7, 11) is 1.29. The molecule has 0 bridgehead atoms. The summed E-state index contributed by atoms with van der Waals surface area (Å²) in [5, 5.41) is 11.1. The highest BCUT2D eigenvalue weighted by atomic mass is 16.5. The van der Waals surface area contributed by atoms with Crippen molar-refractivity contribution in [3.8, 4) is 11.8 Å². The second kappa shape index (κ2) is 7.84. The third kappa shape index (κ3) is 5.19. The molecule has 2 N–H and O–H groups in total. The molecule has 100 valence electrons. The molecule has 6 heteroatoms. The molecule has 19 heavy (non-hydrogen) atoms. The number of ether oxygens (including phenoxy) is 1. The van der Waals surface area contributed by atoms with Gasteiger partial charge in [-0.25, -0.2) is 4.98 Å². The molecule has 0 unspecified atom stereocenters. The Balaban J connectivity index is 2.51. The zero-order valence-corrected chi connectivity index (χ0v) is 10.5. The largest absolute Gasteiger partial charge is 0.469 e. The van der Waals surface area contributed by atoms with Gasteiger partial charge in [0.05, 0.1) is 13.5 Å². The number of nitrogens with zero attached hydrogens (tertiary/aromatic N) is 1. The molecule has 1 rings (SSSR count). The van der Waals surface area contributed by atoms with Gasteiger partial charge in [-0.15, -0.1) is 0 Å². The SMILES string of the molecule is COC(=O)CCNC(=O)c1ccc(C#CCO)cn1. The normalized spacial score (nSPS) is 9.16. The van der Waals surface area contributed by atoms with Gasteiger partial charge >= 0.3 is 5.97 Å². The Morgan fingerprint density at radius 3 is 2.84 bits per heavy atom. The topological polar surface area (TPSA) is 88.5 Å². The highest BCUT2D eigenvalue weighted by Gasteiger charge is 2.07. The summed E-state index contributed by atoms with van der Waals surface area (Å²) in [6.45, 7) is -0.0327. The number of pyridine rings is 1. The fourth-order valence-electron chi connectivity index (χ4n) is 1.21. The van der Waals surface area contributed by atoms with Crippen molar-refractivity contribution < 1.29 is 19.4 Å². The minimum atomic E-state index is -0.386. The number of aliphatic hydroxyl groups is 1. The Labute approximate surface area is 110 Å². The molecule has 1 heterocycles. The average molecular weight is 262 g/mol. The number of nitrogens with one attached hydrogen (secondary N) is 1. The van der Waals surface area contributed by atoms with E-state index in [0.717, 1.165) is 0 Å². The van der Waals surface area contributed by atoms with Crippen LogP contribution in [0.2, 0.25) is 0 Å². The fourth-order valence-corrected chi connectivity index (χ4v) is 1.21. The van der Waals surface area contributed by atoms with Crippen molar-refractivity contribution in [3.63, 3.8) is 0 Å². The quantitative estimate of drug-likeness (QED) is 0.575. The Hall–Kier alpha value is -2.39. The van der Waals surface area contributed by atoms with Gasteiger partial charge in [-0.1, -0.05) is 11.8 Å². The van der Waals surface area contributed by atoms with Crippen molar-refractivity contribution in [2.45, 2.75) is 6.42 Å². The van der Waals surface area contributed by atoms with Crippen molar-refractivity contribution >= 4 is 11.9 Å². The van der Waals surface area contributed by atoms with E-state index in [2.05, 4.69) is 26.9 Å². The van der Waals surface area contributed by atoms with Gasteiger partial charge in [-0.05, 0) is 12.1 Å². The fraction of sp³-hybridized carbons (Fsp3) is 0.308. The smallest absolute Gasteiger partial charge is 0.307 e. The van der Waals surface area contributed by atoms with Crippen LogP contribution < -0.4 is 5.32 Å². The third-order valence-corrected chi connectivity index (χ3v) is 2.15. The maximum Gasteiger partial charge on any atom is 0.307 e. The first-order valence-corrected chi connectivity index (χ1v) is 5.58. The van der Waals surface area contributed by atoms with Crippen LogP contribution in [0.1, 0.15) is 22.5 Å². The summed E-state index contributed by atoms with van der Waals surface area (Å²) >= 11 is 0. The summed E-state index contributed by atoms with van der Waals surface area (Å²) in [6, 6.07) is 3.15. The van der Waals surface area contributed by atoms with E-state index in [1.807, 2.05) is 0 Å². The standard InChI is InChI=1S/C13H14N2O4/c1-19-12(17)6-7-14-13(18)11-5-4-10(9-15-11)3-2-8-16/h4-5,9,16H,6-8H2,1H3,(H,14,18). The van der Waals surface area contributed by atoms with Crippen molar-refractivity contribution in [3.05, 3.63) is 29.6 Å². The summed E-state index contributed by atoms with van der Waals surface area (Å²) in [4.78, 5) is 26.4. The van der Waals surface area contributed by atoms with Gasteiger partial charge in [-0.2, -0.15) is 0 Å². The second-order valence-electron chi connectivity index (χ2n) is 3.47. The molecule has 0 radical (unpaired) electrons. The lowest BCUT2D eigenvalue weighted by Crippen LogP contribution is -2.27. The summed E-state index contributed by atoms with van der Waals surface area (Å²) in [6.07, 6.45) is 1.56. The Morgan fingerprint density at radius 1 is 1.47 bits per heavy atom. The van der Waals surface area contributed by atoms with E-state index in [4.69, 9.17) is 5.11 Å². The maximum atomic E-state index is 11.6. The Morgan fingerprint density at radius 2 is 2.26 bits per heavy atom. The molecule has 0 aliphatic carbocycles. The number of hydrogen-bond donors (Lipinski definition) is 2. The Kier molecular flexibility index (Phi) is 6.06. The van der Waals surface area contributed by atoms with E-state index >= 15 is 0 Å². The van der Waals surface area contributed by atoms with Crippen LogP contribution in [0.15, 0.2) is 18.3 Å². The molecule has 1 amide bonds. The molecule has 0 saturated heterocycles. The van der Waals surface area contributed by atoms with Crippen LogP contribution in [0.5, 0.6) is 0 Å². The monoisotopic (exact) mass is 262 g/mol. The number of rotatable bonds is 4. The lowest BCUT2D eigenvalue weighted by Gasteiger charge is -2.03. The molecule has 0 aliphatic rings. The minimum absolute atomic E-state index is 0.113. The average Bonchev–Trinajstić information content (AvgIpc) is 2.45. The molecule has 0 aliphatic heterocycles. The van der Waals surface area contributed by atoms with E-state index < -0.39 is 0 Å². The van der Waals surface area contributed by atoms with Crippen LogP contribution in [0, 0.1) is 11.8 Å². The molecule has 0 saturated carbocycles. The van der Waals surface area contributed by atoms with Crippen LogP contribution in [-0.2, 0) is 9.53 Å². The van der Waals surface area contributed by atoms with E-state index in [1.54, 1.807) is 6.07 Å². The molecular formula is C13H14N2O4. The summed E-state index contributed by atoms with van der Waals surface area (Å²) in [5.41, 5.74) is 0.847. The number of methoxy groups -OCH3 is 1. The lowest BCUT2D eigenvalue weighted by molar-refractivity contribution is -0.140. The number of esters is 1. The number of carbonyl (C=O) groups is 2. The Bertz CT molecular complexity index is 500. The van der Waals surface area contributed by atoms with Crippen LogP contribution >= 0.6 is 0 Å². The van der Waals surface area contributed by atoms with Crippen molar-refractivity contribution in [2.75, 3.05) is 20.3 Å². The first kappa shape index (κ1) is 14.7. The molecule has 1 aromatic rings. The number of carbonyl (C=O) groups excluding carboxylic acids is 2. The molecule has 0 aromatic carbocycles. The zero-order chi connectivity index (χ0) is 14.1. The van der Waals surface area contributed by atoms with E-state index in [0.29, 0.717) is 5.56 Å². The highest BCUT2D eigenvalue weighted by molar-refractivity contribution is 5.92. The number of aliphatic hydroxyl groups excluding tert-OH is 1. The van der Waals surface area contributed by atoms with Gasteiger partial charge in [0.25, 0.3) is 5.91 Å². The number of amides is 1. The highest BCUT2D eigenvalue weighted by Crippen LogP contribution is 1.99. The summed E-state index contributed by atoms with van der Waals surface area (Å²) in [5.74, 6) is 4.39. The van der Waals surface area contributed by atoms with Gasteiger partial charge in [0.15, 0.2) is 0 Å². The first-order chi connectivity index (χ1) is 9.17. The van der Waals surface area contributed by atoms with Gasteiger partial charge in [-0.3, -0.25) is 9.59 Å². The van der Waals surface area contributed by atoms with E-state index in [1.165, 1.54) is 19.4 Å². The van der Waals surface area contributed by atoms with Gasteiger partial charge in [0.1, 0.15) is 12.3 Å². The van der Waals surface area contributed by atoms with Gasteiger partial charge in [0.2, 0.25) is 0 Å². The van der Waals surface area contributed by atoms with Crippen LogP contribution in [0.4, 0.5) is 0 Å². The molecule has 6 nitrogen and oxygen atoms in total. The molecule has 0 spiro atoms. The lowest BCUT2D eigenvalue weighted by atomic mass is 10.2. The van der Waals surface area contributed by atoms with Gasteiger partial charge in [0, 0.05) is 18.3 Å². The second-order valence-corrected chi connectivity index (χ2v) is 3.47. The minimum Gasteiger partial charge on any atom is -0.469 e. The zero-order valence-electron chi connectivity index (χ0n) is 10.5. The molecule has 0 atom stereocenters.